The predicted molar refractivity (Wildman–Crippen MR) is 44.5 cm³/mol. The summed E-state index contributed by atoms with van der Waals surface area (Å²) >= 11 is 0. The highest BCUT2D eigenvalue weighted by Crippen LogP contribution is 2.01. The van der Waals surface area contributed by atoms with Crippen LogP contribution in [-0.2, 0) is 6.42 Å². The summed E-state index contributed by atoms with van der Waals surface area (Å²) in [5.74, 6) is 0. The molecule has 1 aromatic rings. The van der Waals surface area contributed by atoms with Gasteiger partial charge in [-0.2, -0.15) is 0 Å². The molecule has 0 aromatic heterocycles. The maximum atomic E-state index is 8.67. The third kappa shape index (κ3) is 2.70. The van der Waals surface area contributed by atoms with Gasteiger partial charge in [-0.1, -0.05) is 30.2 Å². The van der Waals surface area contributed by atoms with E-state index in [0.29, 0.717) is 0 Å². The van der Waals surface area contributed by atoms with Crippen molar-refractivity contribution >= 4 is 0 Å². The molecule has 0 amide bonds. The number of benzene rings is 1. The molecule has 11 heavy (non-hydrogen) atoms. The minimum atomic E-state index is -0.400. The summed E-state index contributed by atoms with van der Waals surface area (Å²) in [4.78, 5) is 0. The molecule has 2 N–H and O–H groups in total. The summed E-state index contributed by atoms with van der Waals surface area (Å²) in [6.45, 7) is 1.65. The Hall–Kier alpha value is -0.860. The van der Waals surface area contributed by atoms with Crippen LogP contribution >= 0.6 is 0 Å². The van der Waals surface area contributed by atoms with E-state index in [0.717, 1.165) is 0 Å². The smallest absolute Gasteiger partial charge is 0.0626 e. The second-order valence-corrected chi connectivity index (χ2v) is 2.34. The molecular formula is C9H13NO. The maximum Gasteiger partial charge on any atom is 0.0626 e. The summed E-state index contributed by atoms with van der Waals surface area (Å²) in [6, 6.07) is -1.89. The molecule has 1 unspecified atom stereocenters. The van der Waals surface area contributed by atoms with Crippen LogP contribution in [-0.4, -0.2) is 11.2 Å². The van der Waals surface area contributed by atoms with E-state index >= 15 is 0 Å². The van der Waals surface area contributed by atoms with E-state index in [1.807, 2.05) is 5.48 Å². The minimum absolute atomic E-state index is 0.173. The molecule has 0 fully saturated rings. The van der Waals surface area contributed by atoms with E-state index in [9.17, 15) is 0 Å². The van der Waals surface area contributed by atoms with Crippen molar-refractivity contribution in [3.8, 4) is 0 Å². The van der Waals surface area contributed by atoms with Gasteiger partial charge in [-0.05, 0) is 18.9 Å². The largest absolute Gasteiger partial charge is 0.317 e. The van der Waals surface area contributed by atoms with Crippen molar-refractivity contribution in [3.63, 3.8) is 0 Å². The zero-order valence-electron chi connectivity index (χ0n) is 11.2. The van der Waals surface area contributed by atoms with E-state index in [-0.39, 0.29) is 42.2 Å². The van der Waals surface area contributed by atoms with Crippen LogP contribution in [0.2, 0.25) is 0 Å². The molecule has 0 bridgehead atoms. The van der Waals surface area contributed by atoms with Crippen molar-refractivity contribution < 1.29 is 12.1 Å². The molecule has 1 rings (SSSR count). The van der Waals surface area contributed by atoms with Crippen molar-refractivity contribution in [1.82, 2.24) is 5.48 Å². The summed E-state index contributed by atoms with van der Waals surface area (Å²) in [5.41, 5.74) is 2.19. The zero-order chi connectivity index (χ0) is 12.5. The Kier molecular flexibility index (Phi) is 1.38. The zero-order valence-corrected chi connectivity index (χ0v) is 6.23. The molecule has 0 heterocycles. The van der Waals surface area contributed by atoms with Gasteiger partial charge in [-0.25, -0.2) is 5.48 Å². The Labute approximate surface area is 73.8 Å². The Morgan fingerprint density at radius 3 is 2.73 bits per heavy atom. The number of rotatable bonds is 3. The van der Waals surface area contributed by atoms with Crippen LogP contribution in [0.25, 0.3) is 0 Å². The average Bonchev–Trinajstić information content (AvgIpc) is 2.29. The SMILES string of the molecule is [2H]c1c([2H])c([2H])c(CC(C)NO)c([2H])c1[2H]. The van der Waals surface area contributed by atoms with Gasteiger partial charge in [0.15, 0.2) is 0 Å². The highest BCUT2D eigenvalue weighted by molar-refractivity contribution is 5.15. The second-order valence-electron chi connectivity index (χ2n) is 2.34. The Morgan fingerprint density at radius 2 is 2.18 bits per heavy atom. The van der Waals surface area contributed by atoms with Crippen molar-refractivity contribution in [2.24, 2.45) is 0 Å². The molecule has 0 aliphatic heterocycles. The topological polar surface area (TPSA) is 32.3 Å². The lowest BCUT2D eigenvalue weighted by Crippen LogP contribution is -2.24. The fraction of sp³-hybridized carbons (Fsp3) is 0.333. The van der Waals surface area contributed by atoms with Gasteiger partial charge in [0.2, 0.25) is 0 Å². The predicted octanol–water partition coefficient (Wildman–Crippen LogP) is 1.60. The van der Waals surface area contributed by atoms with Gasteiger partial charge >= 0.3 is 0 Å². The number of hydroxylamine groups is 1. The van der Waals surface area contributed by atoms with Crippen LogP contribution in [0.15, 0.2) is 30.2 Å². The fourth-order valence-electron chi connectivity index (χ4n) is 0.730. The molecule has 0 saturated heterocycles. The van der Waals surface area contributed by atoms with E-state index in [2.05, 4.69) is 0 Å². The Balaban J connectivity index is 3.28. The lowest BCUT2D eigenvalue weighted by atomic mass is 10.1. The lowest BCUT2D eigenvalue weighted by Gasteiger charge is -2.07. The van der Waals surface area contributed by atoms with Crippen molar-refractivity contribution in [2.45, 2.75) is 19.4 Å². The lowest BCUT2D eigenvalue weighted by molar-refractivity contribution is 0.133. The molecule has 2 heteroatoms. The standard InChI is InChI=1S/C9H13NO/c1-8(10-11)7-9-5-3-2-4-6-9/h2-6,8,10-11H,7H2,1H3/i2D,3D,4D,5D,6D. The van der Waals surface area contributed by atoms with E-state index in [4.69, 9.17) is 12.1 Å². The Morgan fingerprint density at radius 1 is 1.55 bits per heavy atom. The average molecular weight is 156 g/mol. The highest BCUT2D eigenvalue weighted by atomic mass is 16.5. The molecule has 0 spiro atoms. The van der Waals surface area contributed by atoms with Crippen molar-refractivity contribution in [2.75, 3.05) is 0 Å². The molecule has 0 saturated carbocycles. The maximum absolute atomic E-state index is 8.67. The van der Waals surface area contributed by atoms with Gasteiger partial charge in [-0.15, -0.1) is 0 Å². The first-order valence-electron chi connectivity index (χ1n) is 5.85. The van der Waals surface area contributed by atoms with Crippen LogP contribution < -0.4 is 5.48 Å². The van der Waals surface area contributed by atoms with Crippen LogP contribution in [0.1, 0.15) is 19.3 Å². The third-order valence-electron chi connectivity index (χ3n) is 1.28. The summed E-state index contributed by atoms with van der Waals surface area (Å²) in [5, 5.41) is 8.67. The van der Waals surface area contributed by atoms with Gasteiger partial charge in [-0.3, -0.25) is 0 Å². The summed E-state index contributed by atoms with van der Waals surface area (Å²) < 4.78 is 37.5. The molecule has 0 aliphatic rings. The third-order valence-corrected chi connectivity index (χ3v) is 1.28. The molecule has 60 valence electrons. The van der Waals surface area contributed by atoms with Crippen LogP contribution in [0, 0.1) is 0 Å². The van der Waals surface area contributed by atoms with Gasteiger partial charge in [0.1, 0.15) is 0 Å². The normalized spacial score (nSPS) is 19.3. The van der Waals surface area contributed by atoms with E-state index in [1.165, 1.54) is 0 Å². The minimum Gasteiger partial charge on any atom is -0.317 e. The first-order valence-corrected chi connectivity index (χ1v) is 3.35. The number of hydrogen-bond acceptors (Lipinski definition) is 2. The second kappa shape index (κ2) is 4.11. The first kappa shape index (κ1) is 3.70. The quantitative estimate of drug-likeness (QED) is 0.651. The van der Waals surface area contributed by atoms with Crippen LogP contribution in [0.3, 0.4) is 0 Å². The number of hydrogen-bond donors (Lipinski definition) is 2. The van der Waals surface area contributed by atoms with Crippen LogP contribution in [0.4, 0.5) is 0 Å². The summed E-state index contributed by atoms with van der Waals surface area (Å²) in [7, 11) is 0. The van der Waals surface area contributed by atoms with Gasteiger partial charge in [0, 0.05) is 6.04 Å². The fourth-order valence-corrected chi connectivity index (χ4v) is 0.730. The van der Waals surface area contributed by atoms with Gasteiger partial charge in [0.05, 0.1) is 6.85 Å². The summed E-state index contributed by atoms with van der Waals surface area (Å²) in [6.07, 6.45) is 0.173. The first-order chi connectivity index (χ1) is 7.40. The van der Waals surface area contributed by atoms with Crippen molar-refractivity contribution in [1.29, 1.82) is 0 Å². The molecular weight excluding hydrogens is 138 g/mol. The molecule has 1 aromatic carbocycles. The highest BCUT2D eigenvalue weighted by Gasteiger charge is 1.98. The van der Waals surface area contributed by atoms with Gasteiger partial charge < -0.3 is 5.21 Å². The molecule has 0 radical (unpaired) electrons. The van der Waals surface area contributed by atoms with E-state index in [1.54, 1.807) is 6.92 Å². The molecule has 1 atom stereocenters. The van der Waals surface area contributed by atoms with Crippen LogP contribution in [0.5, 0.6) is 0 Å². The van der Waals surface area contributed by atoms with Crippen molar-refractivity contribution in [3.05, 3.63) is 35.8 Å². The Bertz CT molecular complexity index is 380. The monoisotopic (exact) mass is 156 g/mol. The van der Waals surface area contributed by atoms with Gasteiger partial charge in [0.25, 0.3) is 0 Å². The number of nitrogens with one attached hydrogen (secondary N) is 1. The molecule has 2 nitrogen and oxygen atoms in total. The molecule has 0 aliphatic carbocycles. The van der Waals surface area contributed by atoms with E-state index < -0.39 is 6.04 Å².